The summed E-state index contributed by atoms with van der Waals surface area (Å²) in [5.74, 6) is 1.12. The Bertz CT molecular complexity index is 1210. The Morgan fingerprint density at radius 1 is 1.11 bits per heavy atom. The minimum absolute atomic E-state index is 0.0785. The number of carbonyl (C=O) groups is 1. The van der Waals surface area contributed by atoms with Gasteiger partial charge in [0, 0.05) is 11.6 Å². The van der Waals surface area contributed by atoms with E-state index < -0.39 is 6.17 Å². The number of rotatable bonds is 9. The molecule has 0 radical (unpaired) electrons. The van der Waals surface area contributed by atoms with Gasteiger partial charge >= 0.3 is 0 Å². The SMILES string of the molecule is C=CCOc1ccc(C2N(Cc3ccccc3)CC(=O)N2N=C(C)c2ccc(Cl)cc2)cc1OC. The van der Waals surface area contributed by atoms with Gasteiger partial charge in [-0.1, -0.05) is 72.8 Å². The lowest BCUT2D eigenvalue weighted by Crippen LogP contribution is -2.29. The third kappa shape index (κ3) is 5.73. The zero-order valence-electron chi connectivity index (χ0n) is 19.9. The highest BCUT2D eigenvalue weighted by Crippen LogP contribution is 2.37. The summed E-state index contributed by atoms with van der Waals surface area (Å²) in [5.41, 5.74) is 3.61. The zero-order chi connectivity index (χ0) is 24.8. The molecule has 1 fully saturated rings. The Morgan fingerprint density at radius 2 is 1.86 bits per heavy atom. The summed E-state index contributed by atoms with van der Waals surface area (Å²) in [6.07, 6.45) is 1.27. The smallest absolute Gasteiger partial charge is 0.258 e. The third-order valence-corrected chi connectivity index (χ3v) is 6.01. The van der Waals surface area contributed by atoms with Crippen molar-refractivity contribution in [3.8, 4) is 11.5 Å². The van der Waals surface area contributed by atoms with Crippen LogP contribution in [-0.2, 0) is 11.3 Å². The van der Waals surface area contributed by atoms with Gasteiger partial charge in [-0.2, -0.15) is 5.10 Å². The fourth-order valence-corrected chi connectivity index (χ4v) is 4.20. The van der Waals surface area contributed by atoms with E-state index in [0.29, 0.717) is 29.7 Å². The third-order valence-electron chi connectivity index (χ3n) is 5.76. The first-order valence-electron chi connectivity index (χ1n) is 11.3. The number of hydrogen-bond donors (Lipinski definition) is 0. The Morgan fingerprint density at radius 3 is 2.54 bits per heavy atom. The lowest BCUT2D eigenvalue weighted by atomic mass is 10.1. The van der Waals surface area contributed by atoms with Crippen molar-refractivity contribution in [3.63, 3.8) is 0 Å². The molecule has 1 amide bonds. The Labute approximate surface area is 211 Å². The lowest BCUT2D eigenvalue weighted by molar-refractivity contribution is -0.128. The van der Waals surface area contributed by atoms with Crippen LogP contribution < -0.4 is 9.47 Å². The zero-order valence-corrected chi connectivity index (χ0v) is 20.6. The molecule has 3 aromatic carbocycles. The van der Waals surface area contributed by atoms with Crippen molar-refractivity contribution in [1.29, 1.82) is 0 Å². The molecule has 180 valence electrons. The maximum absolute atomic E-state index is 13.2. The van der Waals surface area contributed by atoms with Crippen molar-refractivity contribution in [1.82, 2.24) is 9.91 Å². The summed E-state index contributed by atoms with van der Waals surface area (Å²) < 4.78 is 11.3. The van der Waals surface area contributed by atoms with Gasteiger partial charge < -0.3 is 9.47 Å². The van der Waals surface area contributed by atoms with Crippen molar-refractivity contribution in [3.05, 3.63) is 107 Å². The summed E-state index contributed by atoms with van der Waals surface area (Å²) in [4.78, 5) is 15.3. The highest BCUT2D eigenvalue weighted by atomic mass is 35.5. The quantitative estimate of drug-likeness (QED) is 0.286. The van der Waals surface area contributed by atoms with Gasteiger partial charge in [0.2, 0.25) is 0 Å². The fourth-order valence-electron chi connectivity index (χ4n) is 4.07. The highest BCUT2D eigenvalue weighted by molar-refractivity contribution is 6.30. The van der Waals surface area contributed by atoms with Crippen LogP contribution in [0.1, 0.15) is 29.8 Å². The molecule has 1 aliphatic heterocycles. The minimum Gasteiger partial charge on any atom is -0.493 e. The van der Waals surface area contributed by atoms with Crippen LogP contribution in [0.2, 0.25) is 5.02 Å². The molecule has 6 nitrogen and oxygen atoms in total. The molecule has 1 unspecified atom stereocenters. The first kappa shape index (κ1) is 24.5. The van der Waals surface area contributed by atoms with Crippen LogP contribution >= 0.6 is 11.6 Å². The first-order valence-corrected chi connectivity index (χ1v) is 11.7. The number of nitrogens with zero attached hydrogens (tertiary/aromatic N) is 3. The molecule has 7 heteroatoms. The topological polar surface area (TPSA) is 54.4 Å². The molecule has 0 N–H and O–H groups in total. The summed E-state index contributed by atoms with van der Waals surface area (Å²) >= 11 is 6.04. The average molecular weight is 490 g/mol. The standard InChI is InChI=1S/C28H28ClN3O3/c1-4-16-35-25-15-12-23(17-26(25)34-3)28-31(18-21-8-6-5-7-9-21)19-27(33)32(28)30-20(2)22-10-13-24(29)14-11-22/h4-15,17,28H,1,16,18-19H2,2-3H3. The first-order chi connectivity index (χ1) is 17.0. The van der Waals surface area contributed by atoms with Crippen molar-refractivity contribution in [2.75, 3.05) is 20.3 Å². The second kappa shape index (κ2) is 11.2. The van der Waals surface area contributed by atoms with Crippen LogP contribution in [0.25, 0.3) is 0 Å². The van der Waals surface area contributed by atoms with Gasteiger partial charge in [0.15, 0.2) is 11.5 Å². The molecule has 3 aromatic rings. The lowest BCUT2D eigenvalue weighted by Gasteiger charge is -2.28. The van der Waals surface area contributed by atoms with Crippen molar-refractivity contribution in [2.45, 2.75) is 19.6 Å². The van der Waals surface area contributed by atoms with Crippen LogP contribution in [0.4, 0.5) is 0 Å². The molecular weight excluding hydrogens is 462 g/mol. The second-order valence-electron chi connectivity index (χ2n) is 8.20. The predicted molar refractivity (Wildman–Crippen MR) is 139 cm³/mol. The number of hydrogen-bond acceptors (Lipinski definition) is 5. The van der Waals surface area contributed by atoms with Crippen LogP contribution in [0.5, 0.6) is 11.5 Å². The molecule has 0 aliphatic carbocycles. The molecule has 0 spiro atoms. The van der Waals surface area contributed by atoms with E-state index in [1.165, 1.54) is 0 Å². The number of hydrazone groups is 1. The number of amides is 1. The number of halogens is 1. The summed E-state index contributed by atoms with van der Waals surface area (Å²) in [5, 5.41) is 6.98. The Balaban J connectivity index is 1.73. The van der Waals surface area contributed by atoms with E-state index in [4.69, 9.17) is 26.2 Å². The molecule has 0 bridgehead atoms. The van der Waals surface area contributed by atoms with E-state index in [2.05, 4.69) is 23.6 Å². The fraction of sp³-hybridized carbons (Fsp3) is 0.214. The van der Waals surface area contributed by atoms with Gasteiger partial charge in [-0.25, -0.2) is 5.01 Å². The molecular formula is C28H28ClN3O3. The van der Waals surface area contributed by atoms with E-state index in [9.17, 15) is 4.79 Å². The van der Waals surface area contributed by atoms with Gasteiger partial charge in [0.1, 0.15) is 12.8 Å². The molecule has 1 heterocycles. The molecule has 1 atom stereocenters. The monoisotopic (exact) mass is 489 g/mol. The van der Waals surface area contributed by atoms with Gasteiger partial charge in [-0.05, 0) is 47.9 Å². The molecule has 4 rings (SSSR count). The molecule has 35 heavy (non-hydrogen) atoms. The Kier molecular flexibility index (Phi) is 7.85. The van der Waals surface area contributed by atoms with Crippen LogP contribution in [-0.4, -0.2) is 41.8 Å². The van der Waals surface area contributed by atoms with Gasteiger partial charge in [-0.3, -0.25) is 9.69 Å². The normalized spacial score (nSPS) is 16.4. The maximum Gasteiger partial charge on any atom is 0.258 e. The maximum atomic E-state index is 13.2. The summed E-state index contributed by atoms with van der Waals surface area (Å²) in [6.45, 7) is 6.80. The van der Waals surface area contributed by atoms with E-state index in [1.54, 1.807) is 18.2 Å². The average Bonchev–Trinajstić information content (AvgIpc) is 3.17. The second-order valence-corrected chi connectivity index (χ2v) is 8.64. The number of benzene rings is 3. The molecule has 1 saturated heterocycles. The van der Waals surface area contributed by atoms with E-state index >= 15 is 0 Å². The van der Waals surface area contributed by atoms with Crippen molar-refractivity contribution < 1.29 is 14.3 Å². The van der Waals surface area contributed by atoms with Crippen LogP contribution in [0.3, 0.4) is 0 Å². The molecule has 1 aliphatic rings. The minimum atomic E-state index is -0.410. The van der Waals surface area contributed by atoms with E-state index in [-0.39, 0.29) is 12.5 Å². The van der Waals surface area contributed by atoms with Crippen LogP contribution in [0, 0.1) is 0 Å². The Hall–Kier alpha value is -3.61. The van der Waals surface area contributed by atoms with Gasteiger partial charge in [0.25, 0.3) is 5.91 Å². The van der Waals surface area contributed by atoms with Crippen molar-refractivity contribution in [2.24, 2.45) is 5.10 Å². The predicted octanol–water partition coefficient (Wildman–Crippen LogP) is 5.68. The molecule has 0 saturated carbocycles. The largest absolute Gasteiger partial charge is 0.493 e. The van der Waals surface area contributed by atoms with Crippen LogP contribution in [0.15, 0.2) is 90.6 Å². The van der Waals surface area contributed by atoms with E-state index in [1.807, 2.05) is 67.6 Å². The van der Waals surface area contributed by atoms with Gasteiger partial charge in [-0.15, -0.1) is 0 Å². The van der Waals surface area contributed by atoms with E-state index in [0.717, 1.165) is 22.4 Å². The number of methoxy groups -OCH3 is 1. The van der Waals surface area contributed by atoms with Crippen molar-refractivity contribution >= 4 is 23.2 Å². The number of carbonyl (C=O) groups excluding carboxylic acids is 1. The molecule has 0 aromatic heterocycles. The van der Waals surface area contributed by atoms with Gasteiger partial charge in [0.05, 0.1) is 19.4 Å². The summed E-state index contributed by atoms with van der Waals surface area (Å²) in [6, 6.07) is 23.2. The summed E-state index contributed by atoms with van der Waals surface area (Å²) in [7, 11) is 1.60. The highest BCUT2D eigenvalue weighted by Gasteiger charge is 2.39. The number of ether oxygens (including phenoxy) is 2.